The van der Waals surface area contributed by atoms with Crippen LogP contribution in [0.15, 0.2) is 27.8 Å². The SMILES string of the molecule is COC(=O)C(Br)CSc1ccc(Br)cn1. The lowest BCUT2D eigenvalue weighted by Gasteiger charge is -2.06. The molecule has 15 heavy (non-hydrogen) atoms. The highest BCUT2D eigenvalue weighted by atomic mass is 79.9. The van der Waals surface area contributed by atoms with Crippen molar-refractivity contribution < 1.29 is 9.53 Å². The molecule has 0 spiro atoms. The number of carbonyl (C=O) groups is 1. The molecule has 0 aromatic carbocycles. The predicted octanol–water partition coefficient (Wildman–Crippen LogP) is 2.87. The molecule has 0 saturated carbocycles. The zero-order valence-electron chi connectivity index (χ0n) is 7.94. The molecule has 0 N–H and O–H groups in total. The number of halogens is 2. The molecular weight excluding hydrogens is 346 g/mol. The van der Waals surface area contributed by atoms with Gasteiger partial charge in [-0.2, -0.15) is 0 Å². The molecule has 82 valence electrons. The molecule has 0 amide bonds. The number of hydrogen-bond donors (Lipinski definition) is 0. The molecule has 0 saturated heterocycles. The third-order valence-corrected chi connectivity index (χ3v) is 4.17. The molecule has 1 atom stereocenters. The standard InChI is InChI=1S/C9H9Br2NO2S/c1-14-9(13)7(11)5-15-8-3-2-6(10)4-12-8/h2-4,7H,5H2,1H3. The molecule has 0 radical (unpaired) electrons. The van der Waals surface area contributed by atoms with Crippen LogP contribution in [0.25, 0.3) is 0 Å². The van der Waals surface area contributed by atoms with E-state index in [2.05, 4.69) is 41.6 Å². The van der Waals surface area contributed by atoms with Gasteiger partial charge in [0, 0.05) is 16.4 Å². The van der Waals surface area contributed by atoms with Gasteiger partial charge in [0.05, 0.1) is 12.1 Å². The molecule has 1 heterocycles. The van der Waals surface area contributed by atoms with Crippen LogP contribution in [0.3, 0.4) is 0 Å². The first-order valence-electron chi connectivity index (χ1n) is 4.09. The van der Waals surface area contributed by atoms with Crippen molar-refractivity contribution in [3.8, 4) is 0 Å². The maximum absolute atomic E-state index is 11.1. The zero-order valence-corrected chi connectivity index (χ0v) is 11.9. The normalized spacial score (nSPS) is 12.2. The van der Waals surface area contributed by atoms with E-state index >= 15 is 0 Å². The van der Waals surface area contributed by atoms with Gasteiger partial charge in [-0.05, 0) is 28.1 Å². The highest BCUT2D eigenvalue weighted by molar-refractivity contribution is 9.10. The van der Waals surface area contributed by atoms with E-state index in [0.29, 0.717) is 5.75 Å². The molecule has 1 unspecified atom stereocenters. The summed E-state index contributed by atoms with van der Waals surface area (Å²) in [6.45, 7) is 0. The Morgan fingerprint density at radius 2 is 2.40 bits per heavy atom. The van der Waals surface area contributed by atoms with Crippen LogP contribution in [0.5, 0.6) is 0 Å². The van der Waals surface area contributed by atoms with Gasteiger partial charge in [0.15, 0.2) is 0 Å². The second kappa shape index (κ2) is 6.50. The highest BCUT2D eigenvalue weighted by Crippen LogP contribution is 2.20. The van der Waals surface area contributed by atoms with Gasteiger partial charge in [-0.3, -0.25) is 4.79 Å². The van der Waals surface area contributed by atoms with Crippen molar-refractivity contribution in [1.29, 1.82) is 0 Å². The molecule has 0 bridgehead atoms. The molecule has 0 aliphatic carbocycles. The highest BCUT2D eigenvalue weighted by Gasteiger charge is 2.15. The number of thioether (sulfide) groups is 1. The topological polar surface area (TPSA) is 39.2 Å². The van der Waals surface area contributed by atoms with E-state index in [-0.39, 0.29) is 10.8 Å². The number of alkyl halides is 1. The summed E-state index contributed by atoms with van der Waals surface area (Å²) < 4.78 is 5.53. The van der Waals surface area contributed by atoms with Crippen LogP contribution < -0.4 is 0 Å². The average molecular weight is 355 g/mol. The summed E-state index contributed by atoms with van der Waals surface area (Å²) in [5, 5.41) is 0.881. The number of aromatic nitrogens is 1. The second-order valence-electron chi connectivity index (χ2n) is 2.62. The molecule has 0 fully saturated rings. The van der Waals surface area contributed by atoms with Crippen molar-refractivity contribution in [1.82, 2.24) is 4.98 Å². The Morgan fingerprint density at radius 1 is 1.67 bits per heavy atom. The minimum atomic E-state index is -0.294. The van der Waals surface area contributed by atoms with Gasteiger partial charge in [-0.15, -0.1) is 11.8 Å². The van der Waals surface area contributed by atoms with Gasteiger partial charge in [0.2, 0.25) is 0 Å². The quantitative estimate of drug-likeness (QED) is 0.473. The number of carbonyl (C=O) groups excluding carboxylic acids is 1. The van der Waals surface area contributed by atoms with Crippen molar-refractivity contribution in [2.45, 2.75) is 9.85 Å². The third-order valence-electron chi connectivity index (χ3n) is 1.53. The van der Waals surface area contributed by atoms with Gasteiger partial charge in [0.1, 0.15) is 4.83 Å². The first kappa shape index (κ1) is 13.0. The molecule has 1 aromatic rings. The molecular formula is C9H9Br2NO2S. The molecule has 0 aliphatic heterocycles. The first-order valence-corrected chi connectivity index (χ1v) is 6.79. The van der Waals surface area contributed by atoms with Crippen LogP contribution in [0.1, 0.15) is 0 Å². The predicted molar refractivity (Wildman–Crippen MR) is 67.4 cm³/mol. The van der Waals surface area contributed by atoms with E-state index in [0.717, 1.165) is 9.50 Å². The Morgan fingerprint density at radius 3 is 2.93 bits per heavy atom. The third kappa shape index (κ3) is 4.53. The van der Waals surface area contributed by atoms with Gasteiger partial charge in [-0.1, -0.05) is 15.9 Å². The van der Waals surface area contributed by atoms with E-state index < -0.39 is 0 Å². The van der Waals surface area contributed by atoms with Crippen LogP contribution >= 0.6 is 43.6 Å². The fourth-order valence-corrected chi connectivity index (χ4v) is 2.36. The summed E-state index contributed by atoms with van der Waals surface area (Å²) in [7, 11) is 1.37. The Balaban J connectivity index is 2.43. The fraction of sp³-hybridized carbons (Fsp3) is 0.333. The van der Waals surface area contributed by atoms with E-state index in [1.54, 1.807) is 6.20 Å². The Labute approximate surface area is 109 Å². The van der Waals surface area contributed by atoms with Crippen LogP contribution in [0, 0.1) is 0 Å². The van der Waals surface area contributed by atoms with Crippen molar-refractivity contribution in [3.05, 3.63) is 22.8 Å². The van der Waals surface area contributed by atoms with Crippen LogP contribution in [-0.2, 0) is 9.53 Å². The van der Waals surface area contributed by atoms with Crippen LogP contribution in [0.4, 0.5) is 0 Å². The molecule has 0 aliphatic rings. The number of nitrogens with zero attached hydrogens (tertiary/aromatic N) is 1. The zero-order chi connectivity index (χ0) is 11.3. The van der Waals surface area contributed by atoms with E-state index in [9.17, 15) is 4.79 Å². The van der Waals surface area contributed by atoms with Gasteiger partial charge in [0.25, 0.3) is 0 Å². The number of pyridine rings is 1. The Bertz CT molecular complexity index is 331. The van der Waals surface area contributed by atoms with Crippen molar-refractivity contribution in [2.75, 3.05) is 12.9 Å². The summed E-state index contributed by atoms with van der Waals surface area (Å²) in [4.78, 5) is 15.0. The summed E-state index contributed by atoms with van der Waals surface area (Å²) >= 11 is 8.05. The molecule has 6 heteroatoms. The van der Waals surface area contributed by atoms with Gasteiger partial charge in [-0.25, -0.2) is 4.98 Å². The number of rotatable bonds is 4. The Kier molecular flexibility index (Phi) is 5.63. The first-order chi connectivity index (χ1) is 7.13. The molecule has 1 aromatic heterocycles. The van der Waals surface area contributed by atoms with Gasteiger partial charge < -0.3 is 4.74 Å². The van der Waals surface area contributed by atoms with Crippen molar-refractivity contribution >= 4 is 49.6 Å². The summed E-state index contributed by atoms with van der Waals surface area (Å²) in [6.07, 6.45) is 1.73. The lowest BCUT2D eigenvalue weighted by molar-refractivity contribution is -0.139. The molecule has 3 nitrogen and oxygen atoms in total. The largest absolute Gasteiger partial charge is 0.468 e. The average Bonchev–Trinajstić information content (AvgIpc) is 2.26. The van der Waals surface area contributed by atoms with Gasteiger partial charge >= 0.3 is 5.97 Å². The van der Waals surface area contributed by atoms with Crippen LogP contribution in [0.2, 0.25) is 0 Å². The summed E-state index contributed by atoms with van der Waals surface area (Å²) in [5.74, 6) is 0.334. The minimum Gasteiger partial charge on any atom is -0.468 e. The van der Waals surface area contributed by atoms with Crippen LogP contribution in [-0.4, -0.2) is 28.6 Å². The van der Waals surface area contributed by atoms with E-state index in [4.69, 9.17) is 0 Å². The smallest absolute Gasteiger partial charge is 0.320 e. The maximum atomic E-state index is 11.1. The number of methoxy groups -OCH3 is 1. The van der Waals surface area contributed by atoms with E-state index in [1.807, 2.05) is 12.1 Å². The number of hydrogen-bond acceptors (Lipinski definition) is 4. The van der Waals surface area contributed by atoms with Crippen molar-refractivity contribution in [2.24, 2.45) is 0 Å². The lowest BCUT2D eigenvalue weighted by Crippen LogP contribution is -2.17. The number of ether oxygens (including phenoxy) is 1. The minimum absolute atomic E-state index is 0.264. The lowest BCUT2D eigenvalue weighted by atomic mass is 10.5. The number of esters is 1. The fourth-order valence-electron chi connectivity index (χ4n) is 0.802. The van der Waals surface area contributed by atoms with E-state index in [1.165, 1.54) is 18.9 Å². The second-order valence-corrected chi connectivity index (χ2v) is 5.68. The monoisotopic (exact) mass is 353 g/mol. The Hall–Kier alpha value is -0.0700. The molecule has 1 rings (SSSR count). The summed E-state index contributed by atoms with van der Waals surface area (Å²) in [5.41, 5.74) is 0. The summed E-state index contributed by atoms with van der Waals surface area (Å²) in [6, 6.07) is 3.81. The maximum Gasteiger partial charge on any atom is 0.320 e. The van der Waals surface area contributed by atoms with Crippen molar-refractivity contribution in [3.63, 3.8) is 0 Å².